The smallest absolute Gasteiger partial charge is 0.259 e. The minimum atomic E-state index is -0.749. The molecule has 0 bridgehead atoms. The summed E-state index contributed by atoms with van der Waals surface area (Å²) in [4.78, 5) is 40.5. The molecule has 0 spiro atoms. The molecule has 8 nitrogen and oxygen atoms in total. The fourth-order valence-electron chi connectivity index (χ4n) is 2.71. The number of halogens is 1. The van der Waals surface area contributed by atoms with Crippen molar-refractivity contribution in [3.63, 3.8) is 0 Å². The van der Waals surface area contributed by atoms with Crippen LogP contribution in [0.5, 0.6) is 5.75 Å². The van der Waals surface area contributed by atoms with Gasteiger partial charge in [0.1, 0.15) is 17.9 Å². The van der Waals surface area contributed by atoms with E-state index in [0.717, 1.165) is 4.47 Å². The van der Waals surface area contributed by atoms with E-state index in [-0.39, 0.29) is 5.56 Å². The SMILES string of the molecule is COc1ccc(NC(=O)c2ccc(C(N)C=O)cc2)c(C(=O)Nc2ccc(Br)cn2)c1. The topological polar surface area (TPSA) is 123 Å². The molecule has 0 saturated carbocycles. The van der Waals surface area contributed by atoms with Gasteiger partial charge < -0.3 is 25.9 Å². The molecular formula is C22H19BrN4O4. The number of pyridine rings is 1. The van der Waals surface area contributed by atoms with E-state index in [0.29, 0.717) is 34.7 Å². The van der Waals surface area contributed by atoms with E-state index >= 15 is 0 Å². The Morgan fingerprint density at radius 1 is 1.06 bits per heavy atom. The molecular weight excluding hydrogens is 464 g/mol. The number of carbonyl (C=O) groups excluding carboxylic acids is 3. The van der Waals surface area contributed by atoms with Gasteiger partial charge >= 0.3 is 0 Å². The van der Waals surface area contributed by atoms with Crippen LogP contribution in [-0.4, -0.2) is 30.2 Å². The van der Waals surface area contributed by atoms with Gasteiger partial charge in [-0.3, -0.25) is 9.59 Å². The number of ether oxygens (including phenoxy) is 1. The zero-order valence-corrected chi connectivity index (χ0v) is 18.0. The maximum atomic E-state index is 12.8. The third-order valence-corrected chi connectivity index (χ3v) is 4.86. The Morgan fingerprint density at radius 2 is 1.81 bits per heavy atom. The number of nitrogens with one attached hydrogen (secondary N) is 2. The molecule has 1 heterocycles. The Bertz CT molecular complexity index is 1100. The Kier molecular flexibility index (Phi) is 7.11. The van der Waals surface area contributed by atoms with E-state index in [1.165, 1.54) is 13.2 Å². The van der Waals surface area contributed by atoms with Crippen molar-refractivity contribution in [3.8, 4) is 5.75 Å². The number of benzene rings is 2. The normalized spacial score (nSPS) is 11.3. The lowest BCUT2D eigenvalue weighted by molar-refractivity contribution is -0.109. The number of nitrogens with two attached hydrogens (primary N) is 1. The van der Waals surface area contributed by atoms with Crippen molar-refractivity contribution in [1.82, 2.24) is 4.98 Å². The number of methoxy groups -OCH3 is 1. The summed E-state index contributed by atoms with van der Waals surface area (Å²) >= 11 is 3.29. The van der Waals surface area contributed by atoms with Crippen LogP contribution in [0.1, 0.15) is 32.3 Å². The number of amides is 2. The molecule has 0 radical (unpaired) electrons. The Balaban J connectivity index is 1.83. The highest BCUT2D eigenvalue weighted by atomic mass is 79.9. The van der Waals surface area contributed by atoms with Crippen LogP contribution in [0.25, 0.3) is 0 Å². The second kappa shape index (κ2) is 9.96. The van der Waals surface area contributed by atoms with Crippen LogP contribution >= 0.6 is 15.9 Å². The molecule has 0 aliphatic heterocycles. The average Bonchev–Trinajstić information content (AvgIpc) is 2.80. The highest BCUT2D eigenvalue weighted by molar-refractivity contribution is 9.10. The van der Waals surface area contributed by atoms with E-state index in [2.05, 4.69) is 31.5 Å². The molecule has 2 aromatic carbocycles. The summed E-state index contributed by atoms with van der Waals surface area (Å²) in [6.07, 6.45) is 2.18. The molecule has 3 rings (SSSR count). The number of anilines is 2. The minimum absolute atomic E-state index is 0.206. The molecule has 1 aromatic heterocycles. The van der Waals surface area contributed by atoms with Crippen molar-refractivity contribution in [2.24, 2.45) is 5.73 Å². The monoisotopic (exact) mass is 482 g/mol. The van der Waals surface area contributed by atoms with Crippen molar-refractivity contribution < 1.29 is 19.1 Å². The zero-order valence-electron chi connectivity index (χ0n) is 16.5. The lowest BCUT2D eigenvalue weighted by Gasteiger charge is -2.13. The number of nitrogens with zero attached hydrogens (tertiary/aromatic N) is 1. The van der Waals surface area contributed by atoms with Crippen molar-refractivity contribution >= 4 is 45.5 Å². The number of hydrogen-bond acceptors (Lipinski definition) is 6. The van der Waals surface area contributed by atoms with Crippen LogP contribution in [0, 0.1) is 0 Å². The van der Waals surface area contributed by atoms with Crippen LogP contribution in [-0.2, 0) is 4.79 Å². The standard InChI is InChI=1S/C22H19BrN4O4/c1-31-16-7-8-19(17(10-16)22(30)27-20-9-6-15(23)11-25-20)26-21(29)14-4-2-13(3-5-14)18(24)12-28/h2-12,18H,24H2,1H3,(H,26,29)(H,25,27,30). The first-order chi connectivity index (χ1) is 14.9. The number of aromatic nitrogens is 1. The van der Waals surface area contributed by atoms with Crippen LogP contribution < -0.4 is 21.1 Å². The maximum absolute atomic E-state index is 12.8. The first kappa shape index (κ1) is 22.1. The highest BCUT2D eigenvalue weighted by Gasteiger charge is 2.17. The molecule has 2 amide bonds. The molecule has 158 valence electrons. The molecule has 0 fully saturated rings. The Morgan fingerprint density at radius 3 is 2.42 bits per heavy atom. The fourth-order valence-corrected chi connectivity index (χ4v) is 2.94. The quantitative estimate of drug-likeness (QED) is 0.442. The molecule has 31 heavy (non-hydrogen) atoms. The predicted molar refractivity (Wildman–Crippen MR) is 120 cm³/mol. The molecule has 0 saturated heterocycles. The van der Waals surface area contributed by atoms with Crippen LogP contribution in [0.4, 0.5) is 11.5 Å². The molecule has 0 aliphatic rings. The third kappa shape index (κ3) is 5.53. The van der Waals surface area contributed by atoms with Crippen LogP contribution in [0.2, 0.25) is 0 Å². The lowest BCUT2D eigenvalue weighted by atomic mass is 10.1. The van der Waals surface area contributed by atoms with Gasteiger partial charge in [0.2, 0.25) is 0 Å². The molecule has 0 aliphatic carbocycles. The number of carbonyl (C=O) groups is 3. The van der Waals surface area contributed by atoms with E-state index in [1.807, 2.05) is 0 Å². The summed E-state index contributed by atoms with van der Waals surface area (Å²) in [7, 11) is 1.48. The molecule has 1 unspecified atom stereocenters. The second-order valence-electron chi connectivity index (χ2n) is 6.47. The van der Waals surface area contributed by atoms with Gasteiger partial charge in [0, 0.05) is 16.2 Å². The van der Waals surface area contributed by atoms with E-state index in [1.54, 1.807) is 54.7 Å². The lowest BCUT2D eigenvalue weighted by Crippen LogP contribution is -2.19. The van der Waals surface area contributed by atoms with E-state index < -0.39 is 17.9 Å². The molecule has 4 N–H and O–H groups in total. The van der Waals surface area contributed by atoms with Crippen molar-refractivity contribution in [2.45, 2.75) is 6.04 Å². The molecule has 3 aromatic rings. The summed E-state index contributed by atoms with van der Waals surface area (Å²) in [5.74, 6) is -0.0712. The van der Waals surface area contributed by atoms with Gasteiger partial charge in [0.25, 0.3) is 11.8 Å². The summed E-state index contributed by atoms with van der Waals surface area (Å²) < 4.78 is 5.98. The van der Waals surface area contributed by atoms with Gasteiger partial charge in [-0.15, -0.1) is 0 Å². The van der Waals surface area contributed by atoms with Gasteiger partial charge in [0.15, 0.2) is 0 Å². The average molecular weight is 483 g/mol. The first-order valence-corrected chi connectivity index (χ1v) is 9.93. The summed E-state index contributed by atoms with van der Waals surface area (Å²) in [6, 6.07) is 13.7. The minimum Gasteiger partial charge on any atom is -0.497 e. The van der Waals surface area contributed by atoms with Crippen LogP contribution in [0.15, 0.2) is 65.3 Å². The zero-order chi connectivity index (χ0) is 22.4. The summed E-state index contributed by atoms with van der Waals surface area (Å²) in [5, 5.41) is 5.42. The largest absolute Gasteiger partial charge is 0.497 e. The van der Waals surface area contributed by atoms with Gasteiger partial charge in [-0.1, -0.05) is 12.1 Å². The van der Waals surface area contributed by atoms with Crippen LogP contribution in [0.3, 0.4) is 0 Å². The number of hydrogen-bond donors (Lipinski definition) is 3. The first-order valence-electron chi connectivity index (χ1n) is 9.14. The second-order valence-corrected chi connectivity index (χ2v) is 7.38. The summed E-state index contributed by atoms with van der Waals surface area (Å²) in [5.41, 5.74) is 7.11. The van der Waals surface area contributed by atoms with Crippen molar-refractivity contribution in [3.05, 3.63) is 82.0 Å². The summed E-state index contributed by atoms with van der Waals surface area (Å²) in [6.45, 7) is 0. The van der Waals surface area contributed by atoms with E-state index in [4.69, 9.17) is 10.5 Å². The van der Waals surface area contributed by atoms with Gasteiger partial charge in [-0.05, 0) is 64.0 Å². The van der Waals surface area contributed by atoms with Crippen molar-refractivity contribution in [2.75, 3.05) is 17.7 Å². The van der Waals surface area contributed by atoms with E-state index in [9.17, 15) is 14.4 Å². The highest BCUT2D eigenvalue weighted by Crippen LogP contribution is 2.24. The number of rotatable bonds is 7. The Hall–Kier alpha value is -3.56. The fraction of sp³-hybridized carbons (Fsp3) is 0.0909. The van der Waals surface area contributed by atoms with Gasteiger partial charge in [-0.2, -0.15) is 0 Å². The predicted octanol–water partition coefficient (Wildman–Crippen LogP) is 3.56. The molecule has 1 atom stereocenters. The number of aldehydes is 1. The molecule has 9 heteroatoms. The Labute approximate surface area is 186 Å². The van der Waals surface area contributed by atoms with Gasteiger partial charge in [0.05, 0.1) is 24.4 Å². The maximum Gasteiger partial charge on any atom is 0.259 e. The third-order valence-electron chi connectivity index (χ3n) is 4.39. The van der Waals surface area contributed by atoms with Gasteiger partial charge in [-0.25, -0.2) is 4.98 Å². The van der Waals surface area contributed by atoms with Crippen molar-refractivity contribution in [1.29, 1.82) is 0 Å².